The molecule has 0 unspecified atom stereocenters. The van der Waals surface area contributed by atoms with E-state index in [0.29, 0.717) is 0 Å². The summed E-state index contributed by atoms with van der Waals surface area (Å²) in [5.41, 5.74) is 1.60. The van der Waals surface area contributed by atoms with E-state index in [4.69, 9.17) is 0 Å². The fourth-order valence-corrected chi connectivity index (χ4v) is 2.35. The predicted octanol–water partition coefficient (Wildman–Crippen LogP) is 2.88. The van der Waals surface area contributed by atoms with E-state index in [1.54, 1.807) is 11.8 Å². The monoisotopic (exact) mass is 266 g/mol. The van der Waals surface area contributed by atoms with Crippen LogP contribution in [0.25, 0.3) is 0 Å². The highest BCUT2D eigenvalue weighted by atomic mass is 32.2. The average Bonchev–Trinajstić information content (AvgIpc) is 2.36. The highest BCUT2D eigenvalue weighted by Crippen LogP contribution is 2.15. The first-order valence-electron chi connectivity index (χ1n) is 6.47. The van der Waals surface area contributed by atoms with Crippen molar-refractivity contribution in [1.82, 2.24) is 10.2 Å². The van der Waals surface area contributed by atoms with Crippen molar-refractivity contribution in [3.8, 4) is 0 Å². The first-order valence-corrected chi connectivity index (χ1v) is 7.70. The third kappa shape index (κ3) is 5.42. The van der Waals surface area contributed by atoms with Crippen LogP contribution in [0.4, 0.5) is 0 Å². The molecular formula is C15H26N2S. The van der Waals surface area contributed by atoms with Crippen LogP contribution in [-0.2, 0) is 6.42 Å². The van der Waals surface area contributed by atoms with Crippen LogP contribution >= 0.6 is 11.8 Å². The summed E-state index contributed by atoms with van der Waals surface area (Å²) < 4.78 is 0. The molecule has 0 spiro atoms. The van der Waals surface area contributed by atoms with Gasteiger partial charge in [-0.2, -0.15) is 0 Å². The number of benzene rings is 1. The van der Waals surface area contributed by atoms with Gasteiger partial charge in [0, 0.05) is 23.5 Å². The number of nitrogens with zero attached hydrogens (tertiary/aromatic N) is 1. The lowest BCUT2D eigenvalue weighted by molar-refractivity contribution is 0.246. The second-order valence-electron chi connectivity index (χ2n) is 5.47. The van der Waals surface area contributed by atoms with Crippen molar-refractivity contribution >= 4 is 11.8 Å². The standard InChI is InChI=1S/C15H26N2S/c1-15(2,16-3)12-17(4)11-10-13-6-8-14(18-5)9-7-13/h6-9,16H,10-12H2,1-5H3. The zero-order valence-electron chi connectivity index (χ0n) is 12.3. The molecule has 0 saturated heterocycles. The van der Waals surface area contributed by atoms with Crippen molar-refractivity contribution in [2.75, 3.05) is 33.4 Å². The fraction of sp³-hybridized carbons (Fsp3) is 0.600. The highest BCUT2D eigenvalue weighted by Gasteiger charge is 2.16. The largest absolute Gasteiger partial charge is 0.314 e. The molecule has 18 heavy (non-hydrogen) atoms. The van der Waals surface area contributed by atoms with Gasteiger partial charge in [0.2, 0.25) is 0 Å². The number of rotatable bonds is 7. The number of thioether (sulfide) groups is 1. The lowest BCUT2D eigenvalue weighted by atomic mass is 10.1. The summed E-state index contributed by atoms with van der Waals surface area (Å²) in [5.74, 6) is 0. The van der Waals surface area contributed by atoms with Crippen LogP contribution in [0.2, 0.25) is 0 Å². The quantitative estimate of drug-likeness (QED) is 0.764. The molecule has 0 bridgehead atoms. The van der Waals surface area contributed by atoms with Crippen molar-refractivity contribution in [2.24, 2.45) is 0 Å². The maximum Gasteiger partial charge on any atom is 0.0249 e. The summed E-state index contributed by atoms with van der Waals surface area (Å²) in [6, 6.07) is 8.89. The van der Waals surface area contributed by atoms with Crippen molar-refractivity contribution in [3.05, 3.63) is 29.8 Å². The van der Waals surface area contributed by atoms with E-state index >= 15 is 0 Å². The Labute approximate surface area is 116 Å². The molecule has 3 heteroatoms. The van der Waals surface area contributed by atoms with Gasteiger partial charge in [0.25, 0.3) is 0 Å². The Morgan fingerprint density at radius 2 is 1.83 bits per heavy atom. The van der Waals surface area contributed by atoms with Crippen LogP contribution in [0.3, 0.4) is 0 Å². The van der Waals surface area contributed by atoms with E-state index in [9.17, 15) is 0 Å². The van der Waals surface area contributed by atoms with Gasteiger partial charge in [-0.05, 0) is 58.3 Å². The maximum absolute atomic E-state index is 3.34. The van der Waals surface area contributed by atoms with E-state index in [1.807, 2.05) is 7.05 Å². The SMILES string of the molecule is CNC(C)(C)CN(C)CCc1ccc(SC)cc1. The minimum Gasteiger partial charge on any atom is -0.314 e. The van der Waals surface area contributed by atoms with Gasteiger partial charge in [-0.1, -0.05) is 12.1 Å². The summed E-state index contributed by atoms with van der Waals surface area (Å²) >= 11 is 1.79. The molecule has 0 heterocycles. The van der Waals surface area contributed by atoms with Crippen LogP contribution < -0.4 is 5.32 Å². The summed E-state index contributed by atoms with van der Waals surface area (Å²) in [4.78, 5) is 3.72. The minimum atomic E-state index is 0.178. The second-order valence-corrected chi connectivity index (χ2v) is 6.35. The Hall–Kier alpha value is -0.510. The fourth-order valence-electron chi connectivity index (χ4n) is 1.95. The molecule has 0 fully saturated rings. The summed E-state index contributed by atoms with van der Waals surface area (Å²) in [5, 5.41) is 3.34. The molecule has 102 valence electrons. The predicted molar refractivity (Wildman–Crippen MR) is 82.6 cm³/mol. The summed E-state index contributed by atoms with van der Waals surface area (Å²) in [7, 11) is 4.21. The zero-order valence-corrected chi connectivity index (χ0v) is 13.1. The van der Waals surface area contributed by atoms with Crippen molar-refractivity contribution < 1.29 is 0 Å². The molecule has 0 amide bonds. The lowest BCUT2D eigenvalue weighted by Gasteiger charge is -2.30. The van der Waals surface area contributed by atoms with E-state index < -0.39 is 0 Å². The van der Waals surface area contributed by atoms with E-state index in [-0.39, 0.29) is 5.54 Å². The highest BCUT2D eigenvalue weighted by molar-refractivity contribution is 7.98. The van der Waals surface area contributed by atoms with Crippen molar-refractivity contribution in [3.63, 3.8) is 0 Å². The molecule has 1 aromatic carbocycles. The van der Waals surface area contributed by atoms with Gasteiger partial charge in [-0.3, -0.25) is 0 Å². The Kier molecular flexibility index (Phi) is 6.19. The van der Waals surface area contributed by atoms with Crippen LogP contribution in [-0.4, -0.2) is 43.9 Å². The molecule has 0 aliphatic carbocycles. The molecule has 0 aliphatic heterocycles. The number of likely N-dealkylation sites (N-methyl/N-ethyl adjacent to an activating group) is 2. The Bertz CT molecular complexity index is 346. The van der Waals surface area contributed by atoms with Crippen LogP contribution in [0.1, 0.15) is 19.4 Å². The number of nitrogens with one attached hydrogen (secondary N) is 1. The van der Waals surface area contributed by atoms with Crippen LogP contribution in [0.5, 0.6) is 0 Å². The molecule has 0 aliphatic rings. The first kappa shape index (κ1) is 15.5. The van der Waals surface area contributed by atoms with Gasteiger partial charge in [0.15, 0.2) is 0 Å². The third-order valence-corrected chi connectivity index (χ3v) is 4.03. The molecule has 0 atom stereocenters. The Morgan fingerprint density at radius 1 is 1.22 bits per heavy atom. The van der Waals surface area contributed by atoms with Crippen LogP contribution in [0.15, 0.2) is 29.2 Å². The third-order valence-electron chi connectivity index (χ3n) is 3.28. The Balaban J connectivity index is 2.39. The van der Waals surface area contributed by atoms with Gasteiger partial charge in [0.1, 0.15) is 0 Å². The van der Waals surface area contributed by atoms with Gasteiger partial charge in [0.05, 0.1) is 0 Å². The number of hydrogen-bond donors (Lipinski definition) is 1. The summed E-state index contributed by atoms with van der Waals surface area (Å²) in [6.45, 7) is 6.63. The first-order chi connectivity index (χ1) is 8.46. The number of hydrogen-bond acceptors (Lipinski definition) is 3. The van der Waals surface area contributed by atoms with E-state index in [2.05, 4.69) is 61.6 Å². The molecule has 0 saturated carbocycles. The molecule has 1 aromatic rings. The molecule has 0 aromatic heterocycles. The van der Waals surface area contributed by atoms with Gasteiger partial charge in [-0.25, -0.2) is 0 Å². The normalized spacial score (nSPS) is 12.1. The van der Waals surface area contributed by atoms with Gasteiger partial charge in [-0.15, -0.1) is 11.8 Å². The van der Waals surface area contributed by atoms with Gasteiger partial charge < -0.3 is 10.2 Å². The molecule has 2 nitrogen and oxygen atoms in total. The zero-order chi connectivity index (χ0) is 13.6. The smallest absolute Gasteiger partial charge is 0.0249 e. The van der Waals surface area contributed by atoms with Crippen LogP contribution in [0, 0.1) is 0 Å². The molecule has 1 N–H and O–H groups in total. The maximum atomic E-state index is 3.34. The van der Waals surface area contributed by atoms with Crippen molar-refractivity contribution in [1.29, 1.82) is 0 Å². The van der Waals surface area contributed by atoms with E-state index in [1.165, 1.54) is 10.5 Å². The van der Waals surface area contributed by atoms with Gasteiger partial charge >= 0.3 is 0 Å². The topological polar surface area (TPSA) is 15.3 Å². The minimum absolute atomic E-state index is 0.178. The lowest BCUT2D eigenvalue weighted by Crippen LogP contribution is -2.46. The van der Waals surface area contributed by atoms with Crippen molar-refractivity contribution in [2.45, 2.75) is 30.7 Å². The second kappa shape index (κ2) is 7.17. The molecular weight excluding hydrogens is 240 g/mol. The summed E-state index contributed by atoms with van der Waals surface area (Å²) in [6.07, 6.45) is 3.23. The molecule has 0 radical (unpaired) electrons. The van der Waals surface area contributed by atoms with E-state index in [0.717, 1.165) is 19.5 Å². The average molecular weight is 266 g/mol. The Morgan fingerprint density at radius 3 is 2.33 bits per heavy atom. The molecule has 1 rings (SSSR count).